The molecule has 25 heavy (non-hydrogen) atoms. The van der Waals surface area contributed by atoms with Crippen LogP contribution in [0.3, 0.4) is 0 Å². The lowest BCUT2D eigenvalue weighted by atomic mass is 10.1. The molecule has 0 radical (unpaired) electrons. The minimum Gasteiger partial charge on any atom is -0.497 e. The van der Waals surface area contributed by atoms with Crippen LogP contribution in [0.4, 0.5) is 5.69 Å². The Kier molecular flexibility index (Phi) is 9.34. The molecule has 1 fully saturated rings. The Hall–Kier alpha value is -1.22. The van der Waals surface area contributed by atoms with Gasteiger partial charge in [-0.15, -0.1) is 24.0 Å². The maximum Gasteiger partial charge on any atom is 0.193 e. The van der Waals surface area contributed by atoms with Crippen LogP contribution in [0.2, 0.25) is 0 Å². The van der Waals surface area contributed by atoms with Gasteiger partial charge in [0.2, 0.25) is 0 Å². The molecular weight excluding hydrogens is 431 g/mol. The van der Waals surface area contributed by atoms with Gasteiger partial charge in [-0.25, -0.2) is 0 Å². The first-order valence-electron chi connectivity index (χ1n) is 8.53. The van der Waals surface area contributed by atoms with Crippen molar-refractivity contribution in [3.05, 3.63) is 18.2 Å². The van der Waals surface area contributed by atoms with Crippen LogP contribution >= 0.6 is 24.0 Å². The zero-order valence-corrected chi connectivity index (χ0v) is 17.9. The highest BCUT2D eigenvalue weighted by atomic mass is 127. The summed E-state index contributed by atoms with van der Waals surface area (Å²) in [4.78, 5) is 7.02. The molecular formula is C18H31IN4O2. The molecule has 0 bridgehead atoms. The van der Waals surface area contributed by atoms with Crippen LogP contribution in [-0.2, 0) is 0 Å². The fourth-order valence-electron chi connectivity index (χ4n) is 3.06. The second-order valence-electron chi connectivity index (χ2n) is 6.73. The van der Waals surface area contributed by atoms with Crippen molar-refractivity contribution < 1.29 is 9.47 Å². The summed E-state index contributed by atoms with van der Waals surface area (Å²) >= 11 is 0. The predicted molar refractivity (Wildman–Crippen MR) is 114 cm³/mol. The lowest BCUT2D eigenvalue weighted by molar-refractivity contribution is 0.288. The molecule has 2 rings (SSSR count). The van der Waals surface area contributed by atoms with Crippen LogP contribution in [0.1, 0.15) is 20.3 Å². The number of rotatable bonds is 7. The number of benzene rings is 1. The molecule has 0 saturated carbocycles. The minimum absolute atomic E-state index is 0. The van der Waals surface area contributed by atoms with Gasteiger partial charge in [0.25, 0.3) is 0 Å². The number of ether oxygens (including phenoxy) is 2. The smallest absolute Gasteiger partial charge is 0.193 e. The Balaban J connectivity index is 0.00000312. The van der Waals surface area contributed by atoms with Crippen LogP contribution in [-0.4, -0.2) is 51.3 Å². The van der Waals surface area contributed by atoms with Crippen molar-refractivity contribution in [2.45, 2.75) is 20.3 Å². The molecule has 7 heteroatoms. The molecule has 1 aromatic rings. The van der Waals surface area contributed by atoms with E-state index in [9.17, 15) is 0 Å². The van der Waals surface area contributed by atoms with Gasteiger partial charge in [-0.05, 0) is 36.9 Å². The number of hydrogen-bond acceptors (Lipinski definition) is 4. The minimum atomic E-state index is 0. The molecule has 1 aromatic carbocycles. The normalized spacial score (nSPS) is 18.1. The van der Waals surface area contributed by atoms with E-state index in [1.54, 1.807) is 14.2 Å². The van der Waals surface area contributed by atoms with E-state index in [1.165, 1.54) is 6.42 Å². The fraction of sp³-hybridized carbons (Fsp3) is 0.611. The van der Waals surface area contributed by atoms with E-state index in [1.807, 2.05) is 18.2 Å². The van der Waals surface area contributed by atoms with Gasteiger partial charge >= 0.3 is 0 Å². The number of guanidine groups is 1. The molecule has 142 valence electrons. The third kappa shape index (κ3) is 6.89. The third-order valence-electron chi connectivity index (χ3n) is 4.18. The number of aliphatic imine (C=N–C) groups is 1. The fourth-order valence-corrected chi connectivity index (χ4v) is 3.06. The quantitative estimate of drug-likeness (QED) is 0.370. The lowest BCUT2D eigenvalue weighted by Crippen LogP contribution is -2.27. The van der Waals surface area contributed by atoms with E-state index >= 15 is 0 Å². The van der Waals surface area contributed by atoms with E-state index in [-0.39, 0.29) is 24.0 Å². The van der Waals surface area contributed by atoms with E-state index in [2.05, 4.69) is 29.1 Å². The molecule has 1 atom stereocenters. The second kappa shape index (κ2) is 10.7. The summed E-state index contributed by atoms with van der Waals surface area (Å²) in [7, 11) is 3.26. The van der Waals surface area contributed by atoms with Crippen LogP contribution < -0.4 is 20.5 Å². The van der Waals surface area contributed by atoms with Crippen molar-refractivity contribution in [3.63, 3.8) is 0 Å². The summed E-state index contributed by atoms with van der Waals surface area (Å²) in [6.45, 7) is 8.70. The van der Waals surface area contributed by atoms with Crippen LogP contribution in [0.15, 0.2) is 23.2 Å². The zero-order valence-electron chi connectivity index (χ0n) is 15.6. The van der Waals surface area contributed by atoms with E-state index in [4.69, 9.17) is 15.2 Å². The van der Waals surface area contributed by atoms with Gasteiger partial charge in [0.05, 0.1) is 19.9 Å². The Labute approximate surface area is 168 Å². The average Bonchev–Trinajstić information content (AvgIpc) is 2.99. The molecule has 1 aliphatic rings. The maximum atomic E-state index is 6.04. The Morgan fingerprint density at radius 3 is 2.76 bits per heavy atom. The van der Waals surface area contributed by atoms with Crippen molar-refractivity contribution >= 4 is 35.6 Å². The number of methoxy groups -OCH3 is 2. The highest BCUT2D eigenvalue weighted by Gasteiger charge is 2.22. The highest BCUT2D eigenvalue weighted by molar-refractivity contribution is 14.0. The summed E-state index contributed by atoms with van der Waals surface area (Å²) in [5, 5.41) is 3.11. The van der Waals surface area contributed by atoms with Crippen molar-refractivity contribution in [1.82, 2.24) is 4.90 Å². The van der Waals surface area contributed by atoms with Crippen molar-refractivity contribution in [2.24, 2.45) is 22.6 Å². The maximum absolute atomic E-state index is 6.04. The van der Waals surface area contributed by atoms with Crippen LogP contribution in [0.25, 0.3) is 0 Å². The summed E-state index contributed by atoms with van der Waals surface area (Å²) in [6.07, 6.45) is 1.19. The summed E-state index contributed by atoms with van der Waals surface area (Å²) in [5.74, 6) is 3.14. The van der Waals surface area contributed by atoms with Gasteiger partial charge in [-0.2, -0.15) is 0 Å². The van der Waals surface area contributed by atoms with Gasteiger partial charge in [0.1, 0.15) is 11.5 Å². The van der Waals surface area contributed by atoms with Gasteiger partial charge in [-0.1, -0.05) is 13.8 Å². The summed E-state index contributed by atoms with van der Waals surface area (Å²) in [6, 6.07) is 5.54. The predicted octanol–water partition coefficient (Wildman–Crippen LogP) is 3.03. The highest BCUT2D eigenvalue weighted by Crippen LogP contribution is 2.28. The van der Waals surface area contributed by atoms with E-state index in [0.717, 1.165) is 37.6 Å². The van der Waals surface area contributed by atoms with Gasteiger partial charge in [0.15, 0.2) is 5.96 Å². The molecule has 0 aliphatic carbocycles. The number of anilines is 1. The first-order valence-corrected chi connectivity index (χ1v) is 8.53. The molecule has 6 nitrogen and oxygen atoms in total. The Morgan fingerprint density at radius 2 is 2.12 bits per heavy atom. The number of nitrogens with zero attached hydrogens (tertiary/aromatic N) is 2. The number of hydrogen-bond donors (Lipinski definition) is 2. The standard InChI is InChI=1S/C18H30N4O2.HI/c1-13(2)11-22-8-7-14(12-22)10-20-18(19)21-16-9-15(23-3)5-6-17(16)24-4;/h5-6,9,13-14H,7-8,10-12H2,1-4H3,(H3,19,20,21);1H. The molecule has 3 N–H and O–H groups in total. The average molecular weight is 462 g/mol. The zero-order chi connectivity index (χ0) is 17.5. The lowest BCUT2D eigenvalue weighted by Gasteiger charge is -2.17. The number of nitrogens with one attached hydrogen (secondary N) is 1. The first kappa shape index (κ1) is 21.8. The van der Waals surface area contributed by atoms with Crippen molar-refractivity contribution in [3.8, 4) is 11.5 Å². The molecule has 1 saturated heterocycles. The van der Waals surface area contributed by atoms with Gasteiger partial charge < -0.3 is 25.4 Å². The van der Waals surface area contributed by atoms with Crippen LogP contribution in [0.5, 0.6) is 11.5 Å². The van der Waals surface area contributed by atoms with E-state index in [0.29, 0.717) is 23.5 Å². The van der Waals surface area contributed by atoms with Gasteiger partial charge in [0, 0.05) is 25.7 Å². The Bertz CT molecular complexity index is 566. The Morgan fingerprint density at radius 1 is 1.36 bits per heavy atom. The molecule has 1 heterocycles. The van der Waals surface area contributed by atoms with Crippen LogP contribution in [0, 0.1) is 11.8 Å². The largest absolute Gasteiger partial charge is 0.497 e. The third-order valence-corrected chi connectivity index (χ3v) is 4.18. The monoisotopic (exact) mass is 462 g/mol. The van der Waals surface area contributed by atoms with Gasteiger partial charge in [-0.3, -0.25) is 4.99 Å². The topological polar surface area (TPSA) is 72.1 Å². The molecule has 0 amide bonds. The van der Waals surface area contributed by atoms with Crippen molar-refractivity contribution in [1.29, 1.82) is 0 Å². The molecule has 0 aromatic heterocycles. The van der Waals surface area contributed by atoms with Crippen molar-refractivity contribution in [2.75, 3.05) is 45.7 Å². The van der Waals surface area contributed by atoms with E-state index < -0.39 is 0 Å². The summed E-state index contributed by atoms with van der Waals surface area (Å²) in [5.41, 5.74) is 6.80. The summed E-state index contributed by atoms with van der Waals surface area (Å²) < 4.78 is 10.6. The number of likely N-dealkylation sites (tertiary alicyclic amines) is 1. The molecule has 0 spiro atoms. The number of halogens is 1. The second-order valence-corrected chi connectivity index (χ2v) is 6.73. The first-order chi connectivity index (χ1) is 11.5. The number of nitrogens with two attached hydrogens (primary N) is 1. The SMILES string of the molecule is COc1ccc(OC)c(NC(N)=NCC2CCN(CC(C)C)C2)c1.I. The molecule has 1 unspecified atom stereocenters. The molecule has 1 aliphatic heterocycles.